The molecule has 0 saturated carbocycles. The van der Waals surface area contributed by atoms with Crippen molar-refractivity contribution in [1.29, 1.82) is 0 Å². The van der Waals surface area contributed by atoms with Crippen LogP contribution >= 0.6 is 0 Å². The van der Waals surface area contributed by atoms with Crippen LogP contribution in [-0.4, -0.2) is 57.1 Å². The van der Waals surface area contributed by atoms with E-state index in [1.54, 1.807) is 4.68 Å². The Balaban J connectivity index is 1.86. The lowest BCUT2D eigenvalue weighted by Crippen LogP contribution is -2.49. The summed E-state index contributed by atoms with van der Waals surface area (Å²) < 4.78 is 7.12. The Morgan fingerprint density at radius 1 is 1.38 bits per heavy atom. The summed E-state index contributed by atoms with van der Waals surface area (Å²) in [4.78, 5) is 1.94. The Labute approximate surface area is 120 Å². The largest absolute Gasteiger partial charge is 0.409 e. The third-order valence-corrected chi connectivity index (χ3v) is 3.25. The quantitative estimate of drug-likeness (QED) is 0.342. The van der Waals surface area contributed by atoms with Gasteiger partial charge in [-0.3, -0.25) is 0 Å². The molecule has 1 aliphatic rings. The van der Waals surface area contributed by atoms with Gasteiger partial charge in [-0.1, -0.05) is 28.5 Å². The molecule has 1 atom stereocenters. The maximum Gasteiger partial charge on any atom is 0.250 e. The standard InChI is InChI=1S/C12H15N7O2/c13-11(15-20)10-8-18(6-7-21-10)12-14-16-17-19(12)9-4-2-1-3-5-9/h1-5,10,20H,6-8H2,(H2,13,15). The van der Waals surface area contributed by atoms with E-state index in [1.807, 2.05) is 35.2 Å². The second kappa shape index (κ2) is 5.75. The molecule has 2 aromatic rings. The van der Waals surface area contributed by atoms with Crippen molar-refractivity contribution in [2.75, 3.05) is 24.6 Å². The fourth-order valence-electron chi connectivity index (χ4n) is 2.19. The molecule has 21 heavy (non-hydrogen) atoms. The molecule has 1 fully saturated rings. The topological polar surface area (TPSA) is 115 Å². The molecule has 1 aromatic carbocycles. The molecule has 3 rings (SSSR count). The molecule has 9 nitrogen and oxygen atoms in total. The van der Waals surface area contributed by atoms with Crippen LogP contribution in [0.25, 0.3) is 5.69 Å². The first-order chi connectivity index (χ1) is 10.3. The Bertz CT molecular complexity index is 628. The average molecular weight is 289 g/mol. The summed E-state index contributed by atoms with van der Waals surface area (Å²) in [7, 11) is 0. The van der Waals surface area contributed by atoms with Gasteiger partial charge < -0.3 is 20.6 Å². The fraction of sp³-hybridized carbons (Fsp3) is 0.333. The molecule has 9 heteroatoms. The van der Waals surface area contributed by atoms with Crippen molar-refractivity contribution in [2.24, 2.45) is 10.9 Å². The summed E-state index contributed by atoms with van der Waals surface area (Å²) in [6.45, 7) is 1.49. The number of tetrazole rings is 1. The Hall–Kier alpha value is -2.68. The molecule has 0 bridgehead atoms. The van der Waals surface area contributed by atoms with Gasteiger partial charge in [0.1, 0.15) is 6.10 Å². The number of anilines is 1. The number of amidine groups is 1. The maximum atomic E-state index is 8.76. The molecule has 0 radical (unpaired) electrons. The number of nitrogens with two attached hydrogens (primary N) is 1. The zero-order chi connectivity index (χ0) is 14.7. The highest BCUT2D eigenvalue weighted by molar-refractivity contribution is 5.85. The number of hydrogen-bond donors (Lipinski definition) is 2. The van der Waals surface area contributed by atoms with E-state index in [-0.39, 0.29) is 5.84 Å². The monoisotopic (exact) mass is 289 g/mol. The highest BCUT2D eigenvalue weighted by Crippen LogP contribution is 2.18. The summed E-state index contributed by atoms with van der Waals surface area (Å²) in [6.07, 6.45) is -0.482. The first kappa shape index (κ1) is 13.3. The van der Waals surface area contributed by atoms with Crippen LogP contribution in [0.2, 0.25) is 0 Å². The van der Waals surface area contributed by atoms with Gasteiger partial charge in [-0.2, -0.15) is 4.68 Å². The Morgan fingerprint density at radius 3 is 2.95 bits per heavy atom. The molecule has 1 aliphatic heterocycles. The van der Waals surface area contributed by atoms with Gasteiger partial charge in [-0.05, 0) is 22.6 Å². The lowest BCUT2D eigenvalue weighted by Gasteiger charge is -2.32. The molecule has 0 spiro atoms. The second-order valence-corrected chi connectivity index (χ2v) is 4.56. The summed E-state index contributed by atoms with van der Waals surface area (Å²) in [5.74, 6) is 0.638. The molecule has 3 N–H and O–H groups in total. The van der Waals surface area contributed by atoms with Gasteiger partial charge in [-0.15, -0.1) is 0 Å². The minimum absolute atomic E-state index is 0.0402. The maximum absolute atomic E-state index is 8.76. The number of aromatic nitrogens is 4. The van der Waals surface area contributed by atoms with E-state index in [2.05, 4.69) is 20.7 Å². The number of morpholine rings is 1. The SMILES string of the molecule is NC(=NO)C1CN(c2nnnn2-c2ccccc2)CCO1. The van der Waals surface area contributed by atoms with E-state index < -0.39 is 6.10 Å². The molecule has 110 valence electrons. The summed E-state index contributed by atoms with van der Waals surface area (Å²) in [5, 5.41) is 23.6. The summed E-state index contributed by atoms with van der Waals surface area (Å²) >= 11 is 0. The van der Waals surface area contributed by atoms with Gasteiger partial charge in [-0.25, -0.2) is 0 Å². The van der Waals surface area contributed by atoms with Gasteiger partial charge in [0.2, 0.25) is 0 Å². The summed E-state index contributed by atoms with van der Waals surface area (Å²) in [5.41, 5.74) is 6.47. The Morgan fingerprint density at radius 2 is 2.19 bits per heavy atom. The van der Waals surface area contributed by atoms with Gasteiger partial charge in [0.15, 0.2) is 5.84 Å². The molecular formula is C12H15N7O2. The van der Waals surface area contributed by atoms with E-state index in [9.17, 15) is 0 Å². The number of ether oxygens (including phenoxy) is 1. The van der Waals surface area contributed by atoms with Gasteiger partial charge >= 0.3 is 0 Å². The molecule has 0 amide bonds. The molecule has 1 unspecified atom stereocenters. The Kier molecular flexibility index (Phi) is 3.65. The number of oxime groups is 1. The number of benzene rings is 1. The van der Waals surface area contributed by atoms with Crippen LogP contribution in [0.3, 0.4) is 0 Å². The molecular weight excluding hydrogens is 274 g/mol. The normalized spacial score (nSPS) is 19.7. The van der Waals surface area contributed by atoms with Gasteiger partial charge in [0, 0.05) is 6.54 Å². The van der Waals surface area contributed by atoms with Crippen molar-refractivity contribution in [3.05, 3.63) is 30.3 Å². The lowest BCUT2D eigenvalue weighted by atomic mass is 10.2. The van der Waals surface area contributed by atoms with Crippen molar-refractivity contribution < 1.29 is 9.94 Å². The second-order valence-electron chi connectivity index (χ2n) is 4.56. The van der Waals surface area contributed by atoms with Crippen molar-refractivity contribution >= 4 is 11.8 Å². The van der Waals surface area contributed by atoms with Crippen molar-refractivity contribution in [2.45, 2.75) is 6.10 Å². The van der Waals surface area contributed by atoms with Crippen LogP contribution < -0.4 is 10.6 Å². The number of rotatable bonds is 3. The average Bonchev–Trinajstić information content (AvgIpc) is 3.04. The van der Waals surface area contributed by atoms with E-state index in [4.69, 9.17) is 15.7 Å². The number of hydrogen-bond acceptors (Lipinski definition) is 7. The van der Waals surface area contributed by atoms with Crippen molar-refractivity contribution in [3.63, 3.8) is 0 Å². The third kappa shape index (κ3) is 2.63. The van der Waals surface area contributed by atoms with Crippen molar-refractivity contribution in [3.8, 4) is 5.69 Å². The molecule has 0 aliphatic carbocycles. The highest BCUT2D eigenvalue weighted by Gasteiger charge is 2.27. The lowest BCUT2D eigenvalue weighted by molar-refractivity contribution is 0.0799. The predicted molar refractivity (Wildman–Crippen MR) is 74.5 cm³/mol. The van der Waals surface area contributed by atoms with Crippen LogP contribution in [0.15, 0.2) is 35.5 Å². The molecule has 2 heterocycles. The third-order valence-electron chi connectivity index (χ3n) is 3.25. The molecule has 1 saturated heterocycles. The molecule has 1 aromatic heterocycles. The van der Waals surface area contributed by atoms with E-state index in [1.165, 1.54) is 0 Å². The van der Waals surface area contributed by atoms with Crippen LogP contribution in [0.5, 0.6) is 0 Å². The van der Waals surface area contributed by atoms with E-state index in [0.29, 0.717) is 25.6 Å². The summed E-state index contributed by atoms with van der Waals surface area (Å²) in [6, 6.07) is 9.60. The zero-order valence-corrected chi connectivity index (χ0v) is 11.2. The van der Waals surface area contributed by atoms with Gasteiger partial charge in [0.05, 0.1) is 18.8 Å². The number of nitrogens with zero attached hydrogens (tertiary/aromatic N) is 6. The van der Waals surface area contributed by atoms with Crippen LogP contribution in [0, 0.1) is 0 Å². The first-order valence-corrected chi connectivity index (χ1v) is 6.47. The predicted octanol–water partition coefficient (Wildman–Crippen LogP) is -0.386. The van der Waals surface area contributed by atoms with Crippen molar-refractivity contribution in [1.82, 2.24) is 20.2 Å². The van der Waals surface area contributed by atoms with E-state index in [0.717, 1.165) is 5.69 Å². The fourth-order valence-corrected chi connectivity index (χ4v) is 2.19. The zero-order valence-electron chi connectivity index (χ0n) is 11.2. The number of para-hydroxylation sites is 1. The van der Waals surface area contributed by atoms with Crippen LogP contribution in [0.1, 0.15) is 0 Å². The first-order valence-electron chi connectivity index (χ1n) is 6.47. The highest BCUT2D eigenvalue weighted by atomic mass is 16.5. The minimum atomic E-state index is -0.482. The van der Waals surface area contributed by atoms with Crippen LogP contribution in [-0.2, 0) is 4.74 Å². The van der Waals surface area contributed by atoms with Crippen LogP contribution in [0.4, 0.5) is 5.95 Å². The van der Waals surface area contributed by atoms with E-state index >= 15 is 0 Å². The van der Waals surface area contributed by atoms with Gasteiger partial charge in [0.25, 0.3) is 5.95 Å². The minimum Gasteiger partial charge on any atom is -0.409 e. The smallest absolute Gasteiger partial charge is 0.250 e.